The molecular formula is C13H16ClNO2. The third-order valence-electron chi connectivity index (χ3n) is 3.15. The van der Waals surface area contributed by atoms with E-state index in [1.807, 2.05) is 0 Å². The van der Waals surface area contributed by atoms with Crippen LogP contribution < -0.4 is 5.32 Å². The van der Waals surface area contributed by atoms with Gasteiger partial charge in [-0.2, -0.15) is 0 Å². The molecule has 0 aromatic heterocycles. The lowest BCUT2D eigenvalue weighted by atomic mass is 10.1. The van der Waals surface area contributed by atoms with E-state index in [-0.39, 0.29) is 11.9 Å². The first-order valence-corrected chi connectivity index (χ1v) is 6.29. The Hall–Kier alpha value is -1.06. The molecule has 0 saturated heterocycles. The summed E-state index contributed by atoms with van der Waals surface area (Å²) in [5.41, 5.74) is 0.463. The van der Waals surface area contributed by atoms with Crippen molar-refractivity contribution in [1.82, 2.24) is 5.32 Å². The van der Waals surface area contributed by atoms with Crippen LogP contribution in [0.3, 0.4) is 0 Å². The highest BCUT2D eigenvalue weighted by atomic mass is 35.5. The molecule has 1 aliphatic carbocycles. The van der Waals surface area contributed by atoms with Crippen LogP contribution in [0.25, 0.3) is 0 Å². The summed E-state index contributed by atoms with van der Waals surface area (Å²) in [6, 6.07) is 7.07. The number of halogens is 1. The largest absolute Gasteiger partial charge is 0.378 e. The zero-order chi connectivity index (χ0) is 12.3. The average Bonchev–Trinajstić information content (AvgIpc) is 2.81. The zero-order valence-electron chi connectivity index (χ0n) is 9.53. The molecule has 0 aliphatic heterocycles. The first-order valence-electron chi connectivity index (χ1n) is 5.91. The van der Waals surface area contributed by atoms with Gasteiger partial charge in [0.05, 0.1) is 0 Å². The lowest BCUT2D eigenvalue weighted by molar-refractivity contribution is -0.130. The highest BCUT2D eigenvalue weighted by molar-refractivity contribution is 6.31. The molecule has 92 valence electrons. The molecule has 1 aliphatic rings. The molecule has 1 unspecified atom stereocenters. The quantitative estimate of drug-likeness (QED) is 0.869. The topological polar surface area (TPSA) is 49.3 Å². The summed E-state index contributed by atoms with van der Waals surface area (Å²) < 4.78 is 0. The van der Waals surface area contributed by atoms with Crippen molar-refractivity contribution in [3.63, 3.8) is 0 Å². The van der Waals surface area contributed by atoms with E-state index in [0.717, 1.165) is 25.7 Å². The van der Waals surface area contributed by atoms with Crippen molar-refractivity contribution in [2.45, 2.75) is 37.8 Å². The Bertz CT molecular complexity index is 402. The second-order valence-electron chi connectivity index (χ2n) is 4.41. The van der Waals surface area contributed by atoms with Crippen LogP contribution in [0.5, 0.6) is 0 Å². The van der Waals surface area contributed by atoms with E-state index >= 15 is 0 Å². The predicted molar refractivity (Wildman–Crippen MR) is 66.8 cm³/mol. The zero-order valence-corrected chi connectivity index (χ0v) is 10.3. The van der Waals surface area contributed by atoms with Gasteiger partial charge in [-0.25, -0.2) is 0 Å². The van der Waals surface area contributed by atoms with E-state index in [2.05, 4.69) is 5.32 Å². The molecule has 1 fully saturated rings. The molecule has 17 heavy (non-hydrogen) atoms. The van der Waals surface area contributed by atoms with Crippen LogP contribution in [0.15, 0.2) is 24.3 Å². The van der Waals surface area contributed by atoms with Crippen molar-refractivity contribution < 1.29 is 9.90 Å². The highest BCUT2D eigenvalue weighted by Gasteiger charge is 2.23. The maximum atomic E-state index is 11.8. The van der Waals surface area contributed by atoms with Crippen LogP contribution in [-0.2, 0) is 4.79 Å². The van der Waals surface area contributed by atoms with Gasteiger partial charge >= 0.3 is 0 Å². The van der Waals surface area contributed by atoms with Gasteiger partial charge in [0.25, 0.3) is 5.91 Å². The minimum absolute atomic E-state index is 0.208. The monoisotopic (exact) mass is 253 g/mol. The summed E-state index contributed by atoms with van der Waals surface area (Å²) in [5.74, 6) is -0.356. The van der Waals surface area contributed by atoms with Crippen LogP contribution in [0.2, 0.25) is 5.02 Å². The fraction of sp³-hybridized carbons (Fsp3) is 0.462. The first-order chi connectivity index (χ1) is 8.18. The van der Waals surface area contributed by atoms with Gasteiger partial charge in [-0.05, 0) is 18.9 Å². The Balaban J connectivity index is 2.01. The summed E-state index contributed by atoms with van der Waals surface area (Å²) in [6.45, 7) is 0. The van der Waals surface area contributed by atoms with E-state index in [1.165, 1.54) is 0 Å². The van der Waals surface area contributed by atoms with Crippen molar-refractivity contribution in [2.24, 2.45) is 0 Å². The fourth-order valence-corrected chi connectivity index (χ4v) is 2.43. The first kappa shape index (κ1) is 12.4. The number of carbonyl (C=O) groups is 1. The Labute approximate surface area is 106 Å². The minimum atomic E-state index is -1.18. The van der Waals surface area contributed by atoms with Crippen LogP contribution in [0, 0.1) is 0 Å². The van der Waals surface area contributed by atoms with Gasteiger partial charge in [0.2, 0.25) is 0 Å². The molecule has 0 spiro atoms. The molecular weight excluding hydrogens is 238 g/mol. The molecule has 1 amide bonds. The van der Waals surface area contributed by atoms with Crippen molar-refractivity contribution in [3.05, 3.63) is 34.9 Å². The third-order valence-corrected chi connectivity index (χ3v) is 3.49. The number of amides is 1. The van der Waals surface area contributed by atoms with E-state index < -0.39 is 6.10 Å². The summed E-state index contributed by atoms with van der Waals surface area (Å²) in [5, 5.41) is 13.2. The second kappa shape index (κ2) is 5.52. The molecule has 0 radical (unpaired) electrons. The smallest absolute Gasteiger partial charge is 0.253 e. The number of nitrogens with one attached hydrogen (secondary N) is 1. The Morgan fingerprint density at radius 1 is 1.35 bits per heavy atom. The standard InChI is InChI=1S/C13H16ClNO2/c14-11-8-4-3-7-10(11)12(16)13(17)15-9-5-1-2-6-9/h3-4,7-9,12,16H,1-2,5-6H2,(H,15,17). The molecule has 2 N–H and O–H groups in total. The third kappa shape index (κ3) is 2.99. The summed E-state index contributed by atoms with van der Waals surface area (Å²) in [4.78, 5) is 11.8. The summed E-state index contributed by atoms with van der Waals surface area (Å²) >= 11 is 5.94. The van der Waals surface area contributed by atoms with Crippen LogP contribution >= 0.6 is 11.6 Å². The van der Waals surface area contributed by atoms with Gasteiger partial charge in [-0.15, -0.1) is 0 Å². The van der Waals surface area contributed by atoms with E-state index in [4.69, 9.17) is 11.6 Å². The number of hydrogen-bond donors (Lipinski definition) is 2. The molecule has 0 bridgehead atoms. The molecule has 1 aromatic carbocycles. The predicted octanol–water partition coefficient (Wildman–Crippen LogP) is 2.43. The van der Waals surface area contributed by atoms with Crippen LogP contribution in [-0.4, -0.2) is 17.1 Å². The van der Waals surface area contributed by atoms with Crippen LogP contribution in [0.4, 0.5) is 0 Å². The SMILES string of the molecule is O=C(NC1CCCC1)C(O)c1ccccc1Cl. The van der Waals surface area contributed by atoms with Crippen molar-refractivity contribution >= 4 is 17.5 Å². The molecule has 1 atom stereocenters. The highest BCUT2D eigenvalue weighted by Crippen LogP contribution is 2.24. The van der Waals surface area contributed by atoms with E-state index in [1.54, 1.807) is 24.3 Å². The number of benzene rings is 1. The maximum Gasteiger partial charge on any atom is 0.253 e. The number of hydrogen-bond acceptors (Lipinski definition) is 2. The van der Waals surface area contributed by atoms with Gasteiger partial charge in [0.1, 0.15) is 0 Å². The normalized spacial score (nSPS) is 18.0. The lowest BCUT2D eigenvalue weighted by Crippen LogP contribution is -2.36. The number of carbonyl (C=O) groups excluding carboxylic acids is 1. The van der Waals surface area contributed by atoms with Crippen molar-refractivity contribution in [2.75, 3.05) is 0 Å². The number of aliphatic hydroxyl groups excluding tert-OH is 1. The number of rotatable bonds is 3. The average molecular weight is 254 g/mol. The van der Waals surface area contributed by atoms with Gasteiger partial charge in [0.15, 0.2) is 6.10 Å². The lowest BCUT2D eigenvalue weighted by Gasteiger charge is -2.16. The maximum absolute atomic E-state index is 11.8. The molecule has 0 heterocycles. The van der Waals surface area contributed by atoms with E-state index in [0.29, 0.717) is 10.6 Å². The van der Waals surface area contributed by atoms with Crippen molar-refractivity contribution in [3.8, 4) is 0 Å². The molecule has 1 aromatic rings. The Morgan fingerprint density at radius 3 is 2.65 bits per heavy atom. The fourth-order valence-electron chi connectivity index (χ4n) is 2.19. The molecule has 4 heteroatoms. The number of aliphatic hydroxyl groups is 1. The second-order valence-corrected chi connectivity index (χ2v) is 4.82. The Morgan fingerprint density at radius 2 is 2.00 bits per heavy atom. The van der Waals surface area contributed by atoms with Gasteiger partial charge in [-0.3, -0.25) is 4.79 Å². The molecule has 1 saturated carbocycles. The van der Waals surface area contributed by atoms with Gasteiger partial charge in [0, 0.05) is 16.6 Å². The summed E-state index contributed by atoms with van der Waals surface area (Å²) in [6.07, 6.45) is 3.12. The molecule has 3 nitrogen and oxygen atoms in total. The van der Waals surface area contributed by atoms with Crippen LogP contribution in [0.1, 0.15) is 37.4 Å². The minimum Gasteiger partial charge on any atom is -0.378 e. The van der Waals surface area contributed by atoms with Crippen molar-refractivity contribution in [1.29, 1.82) is 0 Å². The van der Waals surface area contributed by atoms with E-state index in [9.17, 15) is 9.90 Å². The Kier molecular flexibility index (Phi) is 4.02. The van der Waals surface area contributed by atoms with Gasteiger partial charge in [-0.1, -0.05) is 42.6 Å². The molecule has 2 rings (SSSR count). The summed E-state index contributed by atoms with van der Waals surface area (Å²) in [7, 11) is 0. The van der Waals surface area contributed by atoms with Gasteiger partial charge < -0.3 is 10.4 Å².